The second kappa shape index (κ2) is 9.22. The van der Waals surface area contributed by atoms with Gasteiger partial charge in [0.15, 0.2) is 0 Å². The number of carbonyl (C=O) groups is 1. The number of fused-ring (bicyclic) bond motifs is 7. The molecule has 6 rings (SSSR count). The minimum absolute atomic E-state index is 0.0135. The lowest BCUT2D eigenvalue weighted by Gasteiger charge is -2.68. The first-order valence-corrected chi connectivity index (χ1v) is 15.6. The molecule has 4 saturated carbocycles. The van der Waals surface area contributed by atoms with Crippen LogP contribution in [0.5, 0.6) is 0 Å². The van der Waals surface area contributed by atoms with E-state index >= 15 is 0 Å². The van der Waals surface area contributed by atoms with Gasteiger partial charge in [0.05, 0.1) is 11.5 Å². The average molecular weight is 519 g/mol. The Morgan fingerprint density at radius 1 is 0.921 bits per heavy atom. The number of benzene rings is 1. The number of aliphatic hydroxyl groups excluding tert-OH is 1. The monoisotopic (exact) mass is 518 g/mol. The van der Waals surface area contributed by atoms with E-state index in [0.717, 1.165) is 50.5 Å². The fourth-order valence-corrected chi connectivity index (χ4v) is 11.3. The van der Waals surface area contributed by atoms with Gasteiger partial charge < -0.3 is 9.84 Å². The van der Waals surface area contributed by atoms with Crippen molar-refractivity contribution >= 4 is 5.97 Å². The molecule has 3 heteroatoms. The van der Waals surface area contributed by atoms with Crippen LogP contribution in [0.3, 0.4) is 0 Å². The molecule has 0 amide bonds. The van der Waals surface area contributed by atoms with Crippen LogP contribution < -0.4 is 0 Å². The number of esters is 1. The van der Waals surface area contributed by atoms with Crippen molar-refractivity contribution in [2.75, 3.05) is 0 Å². The summed E-state index contributed by atoms with van der Waals surface area (Å²) in [5, 5.41) is 10.9. The molecular formula is C35H50O3. The minimum atomic E-state index is -0.351. The maximum Gasteiger partial charge on any atom is 0.313 e. The van der Waals surface area contributed by atoms with Crippen molar-refractivity contribution < 1.29 is 14.6 Å². The van der Waals surface area contributed by atoms with E-state index in [1.54, 1.807) is 5.57 Å². The summed E-state index contributed by atoms with van der Waals surface area (Å²) in [4.78, 5) is 14.0. The second-order valence-electron chi connectivity index (χ2n) is 15.1. The summed E-state index contributed by atoms with van der Waals surface area (Å²) in [6.45, 7) is 12.6. The summed E-state index contributed by atoms with van der Waals surface area (Å²) in [5.74, 6) is 2.73. The molecule has 208 valence electrons. The number of hydrogen-bond acceptors (Lipinski definition) is 3. The molecule has 0 radical (unpaired) electrons. The first kappa shape index (κ1) is 26.6. The first-order valence-electron chi connectivity index (χ1n) is 15.6. The minimum Gasteiger partial charge on any atom is -0.460 e. The van der Waals surface area contributed by atoms with E-state index in [1.807, 2.05) is 18.2 Å². The number of carbonyl (C=O) groups excluding carboxylic acids is 1. The molecule has 0 spiro atoms. The van der Waals surface area contributed by atoms with Gasteiger partial charge in [0, 0.05) is 0 Å². The molecule has 4 fully saturated rings. The van der Waals surface area contributed by atoms with Crippen LogP contribution in [0.2, 0.25) is 0 Å². The van der Waals surface area contributed by atoms with Gasteiger partial charge in [-0.05, 0) is 103 Å². The number of hydrogen-bond donors (Lipinski definition) is 1. The standard InChI is InChI=1S/C35H50O3/c1-23-10-9-18-35(31(37)38-22-24-11-7-6-8-12-24)21-15-26-25(30(23)35)13-14-28-33(26,4)19-16-27-32(2,3)29(36)17-20-34(27,28)5/h6-8,11-13,23,26-30,36H,9-10,14-22H2,1-5H3. The van der Waals surface area contributed by atoms with Gasteiger partial charge in [0.1, 0.15) is 6.61 Å². The van der Waals surface area contributed by atoms with E-state index in [1.165, 1.54) is 19.3 Å². The van der Waals surface area contributed by atoms with E-state index in [0.29, 0.717) is 36.2 Å². The normalized spacial score (nSPS) is 45.5. The Kier molecular flexibility index (Phi) is 6.45. The van der Waals surface area contributed by atoms with Crippen molar-refractivity contribution in [2.45, 2.75) is 112 Å². The van der Waals surface area contributed by atoms with E-state index in [4.69, 9.17) is 4.74 Å². The molecule has 0 heterocycles. The molecule has 9 atom stereocenters. The Morgan fingerprint density at radius 2 is 1.66 bits per heavy atom. The molecule has 1 N–H and O–H groups in total. The molecular weight excluding hydrogens is 468 g/mol. The van der Waals surface area contributed by atoms with Crippen molar-refractivity contribution in [3.8, 4) is 0 Å². The van der Waals surface area contributed by atoms with Gasteiger partial charge in [-0.25, -0.2) is 0 Å². The largest absolute Gasteiger partial charge is 0.460 e. The lowest BCUT2D eigenvalue weighted by molar-refractivity contribution is -0.190. The van der Waals surface area contributed by atoms with Crippen LogP contribution in [-0.4, -0.2) is 17.2 Å². The number of aliphatic hydroxyl groups is 1. The molecule has 0 bridgehead atoms. The van der Waals surface area contributed by atoms with Gasteiger partial charge >= 0.3 is 5.97 Å². The molecule has 3 nitrogen and oxygen atoms in total. The fourth-order valence-electron chi connectivity index (χ4n) is 11.3. The molecule has 5 aliphatic carbocycles. The highest BCUT2D eigenvalue weighted by molar-refractivity contribution is 5.78. The maximum atomic E-state index is 14.0. The van der Waals surface area contributed by atoms with Crippen molar-refractivity contribution in [1.29, 1.82) is 0 Å². The van der Waals surface area contributed by atoms with Crippen molar-refractivity contribution in [3.63, 3.8) is 0 Å². The van der Waals surface area contributed by atoms with E-state index in [9.17, 15) is 9.90 Å². The number of allylic oxidation sites excluding steroid dienone is 2. The van der Waals surface area contributed by atoms with Crippen molar-refractivity contribution in [3.05, 3.63) is 47.5 Å². The van der Waals surface area contributed by atoms with Gasteiger partial charge in [-0.3, -0.25) is 4.79 Å². The zero-order chi connectivity index (χ0) is 26.9. The topological polar surface area (TPSA) is 46.5 Å². The quantitative estimate of drug-likeness (QED) is 0.325. The highest BCUT2D eigenvalue weighted by Crippen LogP contribution is 2.71. The van der Waals surface area contributed by atoms with Crippen LogP contribution in [0.1, 0.15) is 104 Å². The van der Waals surface area contributed by atoms with Gasteiger partial charge in [-0.2, -0.15) is 0 Å². The third kappa shape index (κ3) is 3.73. The number of rotatable bonds is 3. The fraction of sp³-hybridized carbons (Fsp3) is 0.743. The average Bonchev–Trinajstić information content (AvgIpc) is 2.89. The molecule has 9 unspecified atom stereocenters. The highest BCUT2D eigenvalue weighted by atomic mass is 16.5. The Balaban J connectivity index is 1.32. The predicted molar refractivity (Wildman–Crippen MR) is 152 cm³/mol. The predicted octanol–water partition coefficient (Wildman–Crippen LogP) is 8.11. The van der Waals surface area contributed by atoms with E-state index in [2.05, 4.69) is 52.8 Å². The summed E-state index contributed by atoms with van der Waals surface area (Å²) in [6.07, 6.45) is 13.6. The molecule has 38 heavy (non-hydrogen) atoms. The van der Waals surface area contributed by atoms with Gasteiger partial charge in [0.25, 0.3) is 0 Å². The van der Waals surface area contributed by atoms with Crippen molar-refractivity contribution in [2.24, 2.45) is 51.2 Å². The van der Waals surface area contributed by atoms with Crippen molar-refractivity contribution in [1.82, 2.24) is 0 Å². The Hall–Kier alpha value is -1.61. The van der Waals surface area contributed by atoms with E-state index < -0.39 is 0 Å². The van der Waals surface area contributed by atoms with E-state index in [-0.39, 0.29) is 33.7 Å². The third-order valence-electron chi connectivity index (χ3n) is 13.2. The third-order valence-corrected chi connectivity index (χ3v) is 13.2. The Labute approximate surface area is 230 Å². The molecule has 1 aromatic carbocycles. The first-order chi connectivity index (χ1) is 18.0. The smallest absolute Gasteiger partial charge is 0.313 e. The molecule has 0 aromatic heterocycles. The second-order valence-corrected chi connectivity index (χ2v) is 15.1. The zero-order valence-corrected chi connectivity index (χ0v) is 24.5. The Morgan fingerprint density at radius 3 is 2.42 bits per heavy atom. The molecule has 1 aromatic rings. The van der Waals surface area contributed by atoms with Gasteiger partial charge in [-0.15, -0.1) is 0 Å². The lowest BCUT2D eigenvalue weighted by Crippen LogP contribution is -2.62. The summed E-state index contributed by atoms with van der Waals surface area (Å²) < 4.78 is 6.12. The highest BCUT2D eigenvalue weighted by Gasteiger charge is 2.65. The SMILES string of the molecule is CC1CCCC2(C(=O)OCc3ccccc3)CCC3C(=CCC4C3(C)CCC3C(C)(C)C(O)CCC34C)C12. The summed E-state index contributed by atoms with van der Waals surface area (Å²) in [7, 11) is 0. The van der Waals surface area contributed by atoms with Crippen LogP contribution in [0.4, 0.5) is 0 Å². The summed E-state index contributed by atoms with van der Waals surface area (Å²) >= 11 is 0. The van der Waals surface area contributed by atoms with Crippen LogP contribution in [-0.2, 0) is 16.1 Å². The molecule has 0 saturated heterocycles. The van der Waals surface area contributed by atoms with Gasteiger partial charge in [0.2, 0.25) is 0 Å². The molecule has 5 aliphatic rings. The van der Waals surface area contributed by atoms with Crippen LogP contribution in [0, 0.1) is 51.2 Å². The lowest BCUT2D eigenvalue weighted by atomic mass is 9.37. The number of ether oxygens (including phenoxy) is 1. The summed E-state index contributed by atoms with van der Waals surface area (Å²) in [6, 6.07) is 10.2. The zero-order valence-electron chi connectivity index (χ0n) is 24.5. The Bertz CT molecular complexity index is 1090. The summed E-state index contributed by atoms with van der Waals surface area (Å²) in [5.41, 5.74) is 2.89. The van der Waals surface area contributed by atoms with Crippen LogP contribution in [0.25, 0.3) is 0 Å². The van der Waals surface area contributed by atoms with Crippen LogP contribution in [0.15, 0.2) is 42.0 Å². The van der Waals surface area contributed by atoms with Gasteiger partial charge in [-0.1, -0.05) is 89.4 Å². The van der Waals surface area contributed by atoms with Crippen LogP contribution >= 0.6 is 0 Å². The maximum absolute atomic E-state index is 14.0. The molecule has 0 aliphatic heterocycles.